The zero-order valence-electron chi connectivity index (χ0n) is 11.5. The highest BCUT2D eigenvalue weighted by Crippen LogP contribution is 2.34. The Hall–Kier alpha value is -0.220. The predicted octanol–water partition coefficient (Wildman–Crippen LogP) is 2.74. The van der Waals surface area contributed by atoms with Crippen LogP contribution in [0.25, 0.3) is 0 Å². The second-order valence-electron chi connectivity index (χ2n) is 6.19. The normalized spacial score (nSPS) is 37.8. The zero-order valence-corrected chi connectivity index (χ0v) is 11.5. The monoisotopic (exact) mass is 260 g/mol. The molecule has 0 radical (unpaired) electrons. The summed E-state index contributed by atoms with van der Waals surface area (Å²) >= 11 is 0. The number of piperidine rings is 1. The fourth-order valence-corrected chi connectivity index (χ4v) is 3.40. The first kappa shape index (κ1) is 14.2. The summed E-state index contributed by atoms with van der Waals surface area (Å²) in [4.78, 5) is 2.54. The molecule has 0 bridgehead atoms. The number of likely N-dealkylation sites (tertiary alicyclic amines) is 1. The SMILES string of the molecule is CCC1CC(NCC(F)F)CN(C2CC(C)C2)C1. The average molecular weight is 260 g/mol. The van der Waals surface area contributed by atoms with Crippen LogP contribution < -0.4 is 5.32 Å². The Labute approximate surface area is 109 Å². The van der Waals surface area contributed by atoms with Crippen molar-refractivity contribution in [3.8, 4) is 0 Å². The van der Waals surface area contributed by atoms with E-state index in [1.54, 1.807) is 0 Å². The minimum Gasteiger partial charge on any atom is -0.307 e. The van der Waals surface area contributed by atoms with Gasteiger partial charge in [0.25, 0.3) is 6.43 Å². The van der Waals surface area contributed by atoms with Gasteiger partial charge in [0.1, 0.15) is 0 Å². The number of rotatable bonds is 5. The molecular weight excluding hydrogens is 234 g/mol. The maximum atomic E-state index is 12.3. The minimum atomic E-state index is -2.23. The van der Waals surface area contributed by atoms with Crippen molar-refractivity contribution in [2.75, 3.05) is 19.6 Å². The molecular formula is C14H26F2N2. The van der Waals surface area contributed by atoms with Crippen LogP contribution in [0.5, 0.6) is 0 Å². The molecule has 0 aromatic rings. The van der Waals surface area contributed by atoms with Gasteiger partial charge in [-0.25, -0.2) is 8.78 Å². The third-order valence-electron chi connectivity index (χ3n) is 4.57. The van der Waals surface area contributed by atoms with Crippen LogP contribution in [0.1, 0.15) is 39.5 Å². The average Bonchev–Trinajstić information content (AvgIpc) is 2.32. The van der Waals surface area contributed by atoms with Gasteiger partial charge in [-0.2, -0.15) is 0 Å². The van der Waals surface area contributed by atoms with Crippen LogP contribution >= 0.6 is 0 Å². The van der Waals surface area contributed by atoms with Gasteiger partial charge in [0.15, 0.2) is 0 Å². The Kier molecular flexibility index (Phi) is 4.96. The van der Waals surface area contributed by atoms with Gasteiger partial charge in [-0.05, 0) is 31.1 Å². The molecule has 1 N–H and O–H groups in total. The Bertz CT molecular complexity index is 254. The fourth-order valence-electron chi connectivity index (χ4n) is 3.40. The van der Waals surface area contributed by atoms with Gasteiger partial charge in [-0.3, -0.25) is 4.90 Å². The molecule has 2 rings (SSSR count). The van der Waals surface area contributed by atoms with Crippen LogP contribution in [0.4, 0.5) is 8.78 Å². The maximum absolute atomic E-state index is 12.3. The van der Waals surface area contributed by atoms with E-state index in [0.29, 0.717) is 12.0 Å². The summed E-state index contributed by atoms with van der Waals surface area (Å²) in [5, 5.41) is 3.04. The lowest BCUT2D eigenvalue weighted by atomic mass is 9.79. The maximum Gasteiger partial charge on any atom is 0.250 e. The lowest BCUT2D eigenvalue weighted by Crippen LogP contribution is -2.56. The Morgan fingerprint density at radius 2 is 1.94 bits per heavy atom. The molecule has 1 saturated heterocycles. The van der Waals surface area contributed by atoms with Crippen molar-refractivity contribution in [1.29, 1.82) is 0 Å². The Balaban J connectivity index is 1.83. The topological polar surface area (TPSA) is 15.3 Å². The molecule has 1 heterocycles. The summed E-state index contributed by atoms with van der Waals surface area (Å²) in [5.74, 6) is 1.52. The second-order valence-corrected chi connectivity index (χ2v) is 6.19. The summed E-state index contributed by atoms with van der Waals surface area (Å²) in [6.45, 7) is 6.48. The van der Waals surface area contributed by atoms with Crippen LogP contribution in [0.2, 0.25) is 0 Å². The van der Waals surface area contributed by atoms with Gasteiger partial charge in [0.2, 0.25) is 0 Å². The van der Waals surface area contributed by atoms with E-state index in [9.17, 15) is 8.78 Å². The van der Waals surface area contributed by atoms with E-state index in [4.69, 9.17) is 0 Å². The zero-order chi connectivity index (χ0) is 13.1. The Morgan fingerprint density at radius 3 is 2.50 bits per heavy atom. The summed E-state index contributed by atoms with van der Waals surface area (Å²) in [6, 6.07) is 0.971. The van der Waals surface area contributed by atoms with E-state index in [1.165, 1.54) is 19.4 Å². The summed E-state index contributed by atoms with van der Waals surface area (Å²) in [5.41, 5.74) is 0. The highest BCUT2D eigenvalue weighted by atomic mass is 19.3. The van der Waals surface area contributed by atoms with E-state index < -0.39 is 6.43 Å². The molecule has 1 aliphatic heterocycles. The molecule has 2 nitrogen and oxygen atoms in total. The minimum absolute atomic E-state index is 0.157. The van der Waals surface area contributed by atoms with Gasteiger partial charge in [0.05, 0.1) is 6.54 Å². The van der Waals surface area contributed by atoms with Gasteiger partial charge in [-0.1, -0.05) is 20.3 Å². The molecule has 0 amide bonds. The second kappa shape index (κ2) is 6.29. The number of halogens is 2. The molecule has 0 aromatic heterocycles. The summed E-state index contributed by atoms with van der Waals surface area (Å²) in [7, 11) is 0. The number of nitrogens with zero attached hydrogens (tertiary/aromatic N) is 1. The van der Waals surface area contributed by atoms with Crippen LogP contribution in [0, 0.1) is 11.8 Å². The quantitative estimate of drug-likeness (QED) is 0.817. The van der Waals surface area contributed by atoms with Gasteiger partial charge in [0, 0.05) is 25.2 Å². The number of hydrogen-bond acceptors (Lipinski definition) is 2. The third kappa shape index (κ3) is 3.64. The highest BCUT2D eigenvalue weighted by Gasteiger charge is 2.35. The van der Waals surface area contributed by atoms with Crippen LogP contribution in [-0.2, 0) is 0 Å². The molecule has 0 spiro atoms. The summed E-state index contributed by atoms with van der Waals surface area (Å²) < 4.78 is 24.6. The molecule has 1 saturated carbocycles. The van der Waals surface area contributed by atoms with Crippen molar-refractivity contribution in [3.05, 3.63) is 0 Å². The van der Waals surface area contributed by atoms with Gasteiger partial charge < -0.3 is 5.32 Å². The molecule has 1 aliphatic carbocycles. The lowest BCUT2D eigenvalue weighted by Gasteiger charge is -2.47. The van der Waals surface area contributed by atoms with E-state index in [0.717, 1.165) is 25.3 Å². The first-order valence-electron chi connectivity index (χ1n) is 7.34. The Morgan fingerprint density at radius 1 is 1.22 bits per heavy atom. The molecule has 0 aromatic carbocycles. The molecule has 2 aliphatic rings. The van der Waals surface area contributed by atoms with E-state index in [2.05, 4.69) is 24.1 Å². The van der Waals surface area contributed by atoms with Crippen molar-refractivity contribution in [2.45, 2.75) is 58.0 Å². The number of hydrogen-bond donors (Lipinski definition) is 1. The third-order valence-corrected chi connectivity index (χ3v) is 4.57. The van der Waals surface area contributed by atoms with Crippen molar-refractivity contribution < 1.29 is 8.78 Å². The first-order chi connectivity index (χ1) is 8.58. The summed E-state index contributed by atoms with van der Waals surface area (Å²) in [6.07, 6.45) is 2.56. The fraction of sp³-hybridized carbons (Fsp3) is 1.00. The number of nitrogens with one attached hydrogen (secondary N) is 1. The van der Waals surface area contributed by atoms with Crippen molar-refractivity contribution in [1.82, 2.24) is 10.2 Å². The number of alkyl halides is 2. The van der Waals surface area contributed by atoms with Gasteiger partial charge >= 0.3 is 0 Å². The van der Waals surface area contributed by atoms with Crippen molar-refractivity contribution in [2.24, 2.45) is 11.8 Å². The molecule has 2 atom stereocenters. The van der Waals surface area contributed by atoms with E-state index >= 15 is 0 Å². The van der Waals surface area contributed by atoms with Crippen LogP contribution in [-0.4, -0.2) is 43.0 Å². The van der Waals surface area contributed by atoms with Crippen molar-refractivity contribution >= 4 is 0 Å². The van der Waals surface area contributed by atoms with Gasteiger partial charge in [-0.15, -0.1) is 0 Å². The van der Waals surface area contributed by atoms with E-state index in [1.807, 2.05) is 0 Å². The molecule has 4 heteroatoms. The highest BCUT2D eigenvalue weighted by molar-refractivity contribution is 4.91. The van der Waals surface area contributed by atoms with E-state index in [-0.39, 0.29) is 12.6 Å². The van der Waals surface area contributed by atoms with Crippen molar-refractivity contribution in [3.63, 3.8) is 0 Å². The largest absolute Gasteiger partial charge is 0.307 e. The van der Waals surface area contributed by atoms with Crippen LogP contribution in [0.15, 0.2) is 0 Å². The predicted molar refractivity (Wildman–Crippen MR) is 70.0 cm³/mol. The molecule has 106 valence electrons. The standard InChI is InChI=1S/C14H26F2N2/c1-3-11-6-12(17-7-14(15)16)9-18(8-11)13-4-10(2)5-13/h10-14,17H,3-9H2,1-2H3. The molecule has 18 heavy (non-hydrogen) atoms. The first-order valence-corrected chi connectivity index (χ1v) is 7.34. The lowest BCUT2D eigenvalue weighted by molar-refractivity contribution is 0.0292. The molecule has 2 unspecified atom stereocenters. The molecule has 2 fully saturated rings. The smallest absolute Gasteiger partial charge is 0.250 e. The van der Waals surface area contributed by atoms with Crippen LogP contribution in [0.3, 0.4) is 0 Å².